The highest BCUT2D eigenvalue weighted by molar-refractivity contribution is 5.30. The molecule has 106 valence electrons. The van der Waals surface area contributed by atoms with Crippen molar-refractivity contribution in [3.8, 4) is 0 Å². The summed E-state index contributed by atoms with van der Waals surface area (Å²) in [6, 6.07) is 12.0. The van der Waals surface area contributed by atoms with E-state index in [9.17, 15) is 5.11 Å². The second-order valence-electron chi connectivity index (χ2n) is 5.39. The lowest BCUT2D eigenvalue weighted by molar-refractivity contribution is 0.147. The van der Waals surface area contributed by atoms with Gasteiger partial charge in [0.1, 0.15) is 0 Å². The number of rotatable bonds is 5. The second-order valence-corrected chi connectivity index (χ2v) is 5.39. The first-order chi connectivity index (χ1) is 9.63. The van der Waals surface area contributed by atoms with Gasteiger partial charge in [-0.15, -0.1) is 0 Å². The largest absolute Gasteiger partial charge is 0.388 e. The number of aliphatic hydroxyl groups excluding tert-OH is 1. The average Bonchev–Trinajstić information content (AvgIpc) is 2.49. The number of nitrogens with two attached hydrogens (primary N) is 1. The maximum Gasteiger partial charge on any atom is 0.0871 e. The Morgan fingerprint density at radius 1 is 0.950 bits per heavy atom. The summed E-state index contributed by atoms with van der Waals surface area (Å²) in [4.78, 5) is 3.97. The van der Waals surface area contributed by atoms with Crippen LogP contribution in [-0.2, 0) is 0 Å². The first-order valence-corrected chi connectivity index (χ1v) is 7.01. The second kappa shape index (κ2) is 6.64. The predicted octanol–water partition coefficient (Wildman–Crippen LogP) is 2.98. The molecule has 20 heavy (non-hydrogen) atoms. The number of hydrogen-bond acceptors (Lipinski definition) is 3. The van der Waals surface area contributed by atoms with Crippen molar-refractivity contribution in [2.24, 2.45) is 5.73 Å². The van der Waals surface area contributed by atoms with Gasteiger partial charge in [0, 0.05) is 24.9 Å². The fourth-order valence-corrected chi connectivity index (χ4v) is 2.37. The van der Waals surface area contributed by atoms with Crippen LogP contribution in [0.1, 0.15) is 48.5 Å². The summed E-state index contributed by atoms with van der Waals surface area (Å²) in [5, 5.41) is 10.5. The van der Waals surface area contributed by atoms with Gasteiger partial charge < -0.3 is 10.8 Å². The Balaban J connectivity index is 2.23. The zero-order valence-corrected chi connectivity index (χ0v) is 12.0. The maximum atomic E-state index is 10.5. The summed E-state index contributed by atoms with van der Waals surface area (Å²) in [7, 11) is 0. The zero-order valence-electron chi connectivity index (χ0n) is 12.0. The van der Waals surface area contributed by atoms with E-state index in [2.05, 4.69) is 43.1 Å². The first kappa shape index (κ1) is 14.7. The van der Waals surface area contributed by atoms with Crippen molar-refractivity contribution >= 4 is 0 Å². The van der Waals surface area contributed by atoms with E-state index in [1.54, 1.807) is 12.4 Å². The molecule has 0 aliphatic carbocycles. The summed E-state index contributed by atoms with van der Waals surface area (Å²) >= 11 is 0. The predicted molar refractivity (Wildman–Crippen MR) is 81.5 cm³/mol. The molecule has 0 amide bonds. The minimum Gasteiger partial charge on any atom is -0.388 e. The van der Waals surface area contributed by atoms with Crippen molar-refractivity contribution in [2.75, 3.05) is 6.54 Å². The highest BCUT2D eigenvalue weighted by atomic mass is 16.3. The summed E-state index contributed by atoms with van der Waals surface area (Å²) in [5.74, 6) is 0.407. The molecule has 2 aromatic rings. The molecule has 0 saturated carbocycles. The fourth-order valence-electron chi connectivity index (χ4n) is 2.37. The standard InChI is InChI=1S/C17H22N2O/c1-12(2)13-3-5-14(6-4-13)16(11-18)17(20)15-7-9-19-10-8-15/h3-10,12,16-17,20H,11,18H2,1-2H3. The van der Waals surface area contributed by atoms with E-state index in [1.165, 1.54) is 5.56 Å². The van der Waals surface area contributed by atoms with Gasteiger partial charge in [0.25, 0.3) is 0 Å². The van der Waals surface area contributed by atoms with Crippen LogP contribution in [0.2, 0.25) is 0 Å². The monoisotopic (exact) mass is 270 g/mol. The van der Waals surface area contributed by atoms with Crippen LogP contribution in [0.5, 0.6) is 0 Å². The lowest BCUT2D eigenvalue weighted by Crippen LogP contribution is -2.20. The lowest BCUT2D eigenvalue weighted by Gasteiger charge is -2.22. The quantitative estimate of drug-likeness (QED) is 0.878. The van der Waals surface area contributed by atoms with Crippen LogP contribution in [0, 0.1) is 0 Å². The molecule has 0 fully saturated rings. The third-order valence-electron chi connectivity index (χ3n) is 3.71. The third kappa shape index (κ3) is 3.24. The van der Waals surface area contributed by atoms with Crippen molar-refractivity contribution in [3.05, 3.63) is 65.5 Å². The molecule has 2 unspecified atom stereocenters. The third-order valence-corrected chi connectivity index (χ3v) is 3.71. The van der Waals surface area contributed by atoms with Crippen LogP contribution < -0.4 is 5.73 Å². The molecule has 2 atom stereocenters. The molecule has 1 heterocycles. The Morgan fingerprint density at radius 3 is 2.00 bits per heavy atom. The van der Waals surface area contributed by atoms with Gasteiger partial charge in [0.05, 0.1) is 6.10 Å². The van der Waals surface area contributed by atoms with Gasteiger partial charge in [-0.2, -0.15) is 0 Å². The summed E-state index contributed by atoms with van der Waals surface area (Å²) in [5.41, 5.74) is 9.08. The van der Waals surface area contributed by atoms with Crippen LogP contribution in [0.3, 0.4) is 0 Å². The van der Waals surface area contributed by atoms with E-state index in [0.29, 0.717) is 12.5 Å². The van der Waals surface area contributed by atoms with E-state index in [0.717, 1.165) is 11.1 Å². The Labute approximate surface area is 120 Å². The molecular formula is C17H22N2O. The van der Waals surface area contributed by atoms with Crippen LogP contribution >= 0.6 is 0 Å². The van der Waals surface area contributed by atoms with Gasteiger partial charge in [-0.3, -0.25) is 4.98 Å². The van der Waals surface area contributed by atoms with E-state index < -0.39 is 6.10 Å². The maximum absolute atomic E-state index is 10.5. The molecule has 0 bridgehead atoms. The molecule has 3 N–H and O–H groups in total. The molecule has 0 aliphatic rings. The van der Waals surface area contributed by atoms with Crippen LogP contribution in [0.25, 0.3) is 0 Å². The minimum absolute atomic E-state index is 0.0985. The van der Waals surface area contributed by atoms with Gasteiger partial charge in [0.15, 0.2) is 0 Å². The molecule has 2 rings (SSSR count). The van der Waals surface area contributed by atoms with Crippen molar-refractivity contribution in [3.63, 3.8) is 0 Å². The summed E-state index contributed by atoms with van der Waals surface area (Å²) in [6.07, 6.45) is 2.77. The number of benzene rings is 1. The highest BCUT2D eigenvalue weighted by Crippen LogP contribution is 2.30. The van der Waals surface area contributed by atoms with Crippen molar-refractivity contribution < 1.29 is 5.11 Å². The number of pyridine rings is 1. The van der Waals surface area contributed by atoms with E-state index in [4.69, 9.17) is 5.73 Å². The van der Waals surface area contributed by atoms with E-state index >= 15 is 0 Å². The van der Waals surface area contributed by atoms with Crippen LogP contribution in [0.15, 0.2) is 48.8 Å². The van der Waals surface area contributed by atoms with Crippen LogP contribution in [0.4, 0.5) is 0 Å². The van der Waals surface area contributed by atoms with E-state index in [-0.39, 0.29) is 5.92 Å². The molecule has 0 aliphatic heterocycles. The number of aromatic nitrogens is 1. The first-order valence-electron chi connectivity index (χ1n) is 7.01. The van der Waals surface area contributed by atoms with Gasteiger partial charge >= 0.3 is 0 Å². The normalized spacial score (nSPS) is 14.2. The number of hydrogen-bond donors (Lipinski definition) is 2. The Hall–Kier alpha value is -1.71. The fraction of sp³-hybridized carbons (Fsp3) is 0.353. The summed E-state index contributed by atoms with van der Waals surface area (Å²) in [6.45, 7) is 4.74. The minimum atomic E-state index is -0.604. The molecule has 1 aromatic heterocycles. The Kier molecular flexibility index (Phi) is 4.88. The molecule has 3 nitrogen and oxygen atoms in total. The molecular weight excluding hydrogens is 248 g/mol. The van der Waals surface area contributed by atoms with Crippen molar-refractivity contribution in [1.29, 1.82) is 0 Å². The molecule has 0 spiro atoms. The van der Waals surface area contributed by atoms with Crippen LogP contribution in [-0.4, -0.2) is 16.6 Å². The SMILES string of the molecule is CC(C)c1ccc(C(CN)C(O)c2ccncc2)cc1. The Morgan fingerprint density at radius 2 is 1.50 bits per heavy atom. The number of nitrogens with zero attached hydrogens (tertiary/aromatic N) is 1. The molecule has 3 heteroatoms. The highest BCUT2D eigenvalue weighted by Gasteiger charge is 2.21. The molecule has 1 aromatic carbocycles. The van der Waals surface area contributed by atoms with Gasteiger partial charge in [-0.05, 0) is 34.7 Å². The van der Waals surface area contributed by atoms with Gasteiger partial charge in [-0.25, -0.2) is 0 Å². The molecule has 0 radical (unpaired) electrons. The smallest absolute Gasteiger partial charge is 0.0871 e. The van der Waals surface area contributed by atoms with Crippen molar-refractivity contribution in [1.82, 2.24) is 4.98 Å². The number of aliphatic hydroxyl groups is 1. The topological polar surface area (TPSA) is 59.1 Å². The van der Waals surface area contributed by atoms with Gasteiger partial charge in [0.2, 0.25) is 0 Å². The summed E-state index contributed by atoms with van der Waals surface area (Å²) < 4.78 is 0. The van der Waals surface area contributed by atoms with E-state index in [1.807, 2.05) is 12.1 Å². The average molecular weight is 270 g/mol. The lowest BCUT2D eigenvalue weighted by atomic mass is 9.88. The van der Waals surface area contributed by atoms with Gasteiger partial charge in [-0.1, -0.05) is 38.1 Å². The Bertz CT molecular complexity index is 522. The molecule has 0 saturated heterocycles. The zero-order chi connectivity index (χ0) is 14.5. The van der Waals surface area contributed by atoms with Crippen molar-refractivity contribution in [2.45, 2.75) is 31.8 Å².